The zero-order chi connectivity index (χ0) is 16.1. The number of rotatable bonds is 4. The SMILES string of the molecule is CC/C(=N\O)c1ccc(NC(=O)c2cncc(F)c2C)nc1. The van der Waals surface area contributed by atoms with E-state index < -0.39 is 11.7 Å². The summed E-state index contributed by atoms with van der Waals surface area (Å²) in [5.74, 6) is -0.718. The molecule has 0 spiro atoms. The lowest BCUT2D eigenvalue weighted by Gasteiger charge is -2.08. The van der Waals surface area contributed by atoms with Gasteiger partial charge in [0, 0.05) is 23.5 Å². The minimum atomic E-state index is -0.539. The first-order valence-electron chi connectivity index (χ1n) is 6.65. The van der Waals surface area contributed by atoms with Crippen molar-refractivity contribution in [3.63, 3.8) is 0 Å². The van der Waals surface area contributed by atoms with Crippen LogP contribution < -0.4 is 5.32 Å². The van der Waals surface area contributed by atoms with Gasteiger partial charge in [-0.05, 0) is 25.5 Å². The highest BCUT2D eigenvalue weighted by Crippen LogP contribution is 2.13. The fourth-order valence-corrected chi connectivity index (χ4v) is 1.88. The van der Waals surface area contributed by atoms with E-state index in [2.05, 4.69) is 20.4 Å². The van der Waals surface area contributed by atoms with E-state index in [1.54, 1.807) is 12.1 Å². The molecule has 0 atom stereocenters. The number of nitrogens with zero attached hydrogens (tertiary/aromatic N) is 3. The smallest absolute Gasteiger partial charge is 0.258 e. The Bertz CT molecular complexity index is 714. The third kappa shape index (κ3) is 3.25. The number of halogens is 1. The molecule has 0 fully saturated rings. The Kier molecular flexibility index (Phi) is 4.77. The van der Waals surface area contributed by atoms with E-state index in [1.165, 1.54) is 19.3 Å². The molecule has 2 rings (SSSR count). The molecule has 2 heterocycles. The van der Waals surface area contributed by atoms with Gasteiger partial charge in [-0.3, -0.25) is 9.78 Å². The molecule has 0 aliphatic carbocycles. The summed E-state index contributed by atoms with van der Waals surface area (Å²) in [5.41, 5.74) is 1.53. The average molecular weight is 302 g/mol. The molecule has 0 bridgehead atoms. The molecular formula is C15H15FN4O2. The van der Waals surface area contributed by atoms with Crippen LogP contribution in [0.2, 0.25) is 0 Å². The number of oxime groups is 1. The molecule has 0 aliphatic heterocycles. The number of carbonyl (C=O) groups is 1. The highest BCUT2D eigenvalue weighted by molar-refractivity contribution is 6.05. The lowest BCUT2D eigenvalue weighted by Crippen LogP contribution is -2.15. The van der Waals surface area contributed by atoms with Crippen LogP contribution in [-0.2, 0) is 0 Å². The van der Waals surface area contributed by atoms with Gasteiger partial charge in [0.2, 0.25) is 0 Å². The van der Waals surface area contributed by atoms with Crippen molar-refractivity contribution in [1.29, 1.82) is 0 Å². The Morgan fingerprint density at radius 3 is 2.73 bits per heavy atom. The van der Waals surface area contributed by atoms with E-state index in [0.717, 1.165) is 6.20 Å². The standard InChI is InChI=1S/C15H15FN4O2/c1-3-13(20-22)10-4-5-14(18-6-10)19-15(21)11-7-17-8-12(16)9(11)2/h4-8,22H,3H2,1-2H3,(H,18,19,21)/b20-13+. The van der Waals surface area contributed by atoms with Gasteiger partial charge in [0.15, 0.2) is 0 Å². The van der Waals surface area contributed by atoms with Crippen molar-refractivity contribution in [2.45, 2.75) is 20.3 Å². The largest absolute Gasteiger partial charge is 0.411 e. The molecule has 2 aromatic rings. The fourth-order valence-electron chi connectivity index (χ4n) is 1.88. The molecule has 6 nitrogen and oxygen atoms in total. The van der Waals surface area contributed by atoms with Gasteiger partial charge in [-0.1, -0.05) is 12.1 Å². The van der Waals surface area contributed by atoms with Crippen molar-refractivity contribution < 1.29 is 14.4 Å². The van der Waals surface area contributed by atoms with Crippen LogP contribution in [0, 0.1) is 12.7 Å². The summed E-state index contributed by atoms with van der Waals surface area (Å²) in [6.45, 7) is 3.36. The van der Waals surface area contributed by atoms with E-state index in [9.17, 15) is 9.18 Å². The minimum absolute atomic E-state index is 0.150. The zero-order valence-electron chi connectivity index (χ0n) is 12.2. The summed E-state index contributed by atoms with van der Waals surface area (Å²) in [6.07, 6.45) is 4.40. The summed E-state index contributed by atoms with van der Waals surface area (Å²) >= 11 is 0. The van der Waals surface area contributed by atoms with Crippen molar-refractivity contribution in [2.24, 2.45) is 5.16 Å². The molecule has 0 saturated heterocycles. The highest BCUT2D eigenvalue weighted by Gasteiger charge is 2.13. The zero-order valence-corrected chi connectivity index (χ0v) is 12.2. The summed E-state index contributed by atoms with van der Waals surface area (Å²) in [7, 11) is 0. The van der Waals surface area contributed by atoms with Crippen molar-refractivity contribution >= 4 is 17.4 Å². The molecule has 22 heavy (non-hydrogen) atoms. The van der Waals surface area contributed by atoms with Gasteiger partial charge in [0.25, 0.3) is 5.91 Å². The van der Waals surface area contributed by atoms with Crippen LogP contribution in [0.25, 0.3) is 0 Å². The molecule has 0 aliphatic rings. The number of carbonyl (C=O) groups excluding carboxylic acids is 1. The second-order valence-electron chi connectivity index (χ2n) is 4.58. The predicted octanol–water partition coefficient (Wildman–Crippen LogP) is 2.76. The average Bonchev–Trinajstić information content (AvgIpc) is 2.52. The van der Waals surface area contributed by atoms with Gasteiger partial charge in [0.1, 0.15) is 11.6 Å². The van der Waals surface area contributed by atoms with Gasteiger partial charge in [0.05, 0.1) is 17.5 Å². The monoisotopic (exact) mass is 302 g/mol. The molecule has 0 aromatic carbocycles. The van der Waals surface area contributed by atoms with Crippen LogP contribution >= 0.6 is 0 Å². The third-order valence-electron chi connectivity index (χ3n) is 3.19. The molecular weight excluding hydrogens is 287 g/mol. The summed E-state index contributed by atoms with van der Waals surface area (Å²) in [6, 6.07) is 3.26. The maximum Gasteiger partial charge on any atom is 0.258 e. The number of amides is 1. The minimum Gasteiger partial charge on any atom is -0.411 e. The highest BCUT2D eigenvalue weighted by atomic mass is 19.1. The Morgan fingerprint density at radius 1 is 1.36 bits per heavy atom. The predicted molar refractivity (Wildman–Crippen MR) is 79.7 cm³/mol. The maximum absolute atomic E-state index is 13.4. The molecule has 0 radical (unpaired) electrons. The normalized spacial score (nSPS) is 11.3. The molecule has 7 heteroatoms. The molecule has 114 valence electrons. The first-order chi connectivity index (χ1) is 10.6. The second kappa shape index (κ2) is 6.75. The third-order valence-corrected chi connectivity index (χ3v) is 3.19. The van der Waals surface area contributed by atoms with Gasteiger partial charge < -0.3 is 10.5 Å². The Morgan fingerprint density at radius 2 is 2.14 bits per heavy atom. The van der Waals surface area contributed by atoms with E-state index in [0.29, 0.717) is 23.5 Å². The van der Waals surface area contributed by atoms with E-state index in [-0.39, 0.29) is 11.1 Å². The van der Waals surface area contributed by atoms with Crippen LogP contribution in [-0.4, -0.2) is 26.8 Å². The number of hydrogen-bond donors (Lipinski definition) is 2. The maximum atomic E-state index is 13.4. The van der Waals surface area contributed by atoms with Crippen LogP contribution in [0.4, 0.5) is 10.2 Å². The fraction of sp³-hybridized carbons (Fsp3) is 0.200. The van der Waals surface area contributed by atoms with E-state index >= 15 is 0 Å². The summed E-state index contributed by atoms with van der Waals surface area (Å²) in [4.78, 5) is 19.8. The lowest BCUT2D eigenvalue weighted by molar-refractivity contribution is 0.102. The molecule has 0 saturated carbocycles. The summed E-state index contributed by atoms with van der Waals surface area (Å²) in [5, 5.41) is 14.6. The first-order valence-corrected chi connectivity index (χ1v) is 6.65. The Balaban J connectivity index is 2.17. The van der Waals surface area contributed by atoms with Gasteiger partial charge in [-0.2, -0.15) is 0 Å². The van der Waals surface area contributed by atoms with E-state index in [1.807, 2.05) is 6.92 Å². The van der Waals surface area contributed by atoms with Gasteiger partial charge >= 0.3 is 0 Å². The number of nitrogens with one attached hydrogen (secondary N) is 1. The second-order valence-corrected chi connectivity index (χ2v) is 4.58. The number of hydrogen-bond acceptors (Lipinski definition) is 5. The van der Waals surface area contributed by atoms with Crippen LogP contribution in [0.3, 0.4) is 0 Å². The van der Waals surface area contributed by atoms with Crippen LogP contribution in [0.5, 0.6) is 0 Å². The Hall–Kier alpha value is -2.83. The van der Waals surface area contributed by atoms with Crippen molar-refractivity contribution in [2.75, 3.05) is 5.32 Å². The number of pyridine rings is 2. The molecule has 2 aromatic heterocycles. The number of aromatic nitrogens is 2. The van der Waals surface area contributed by atoms with Crippen molar-refractivity contribution in [3.8, 4) is 0 Å². The van der Waals surface area contributed by atoms with Crippen molar-refractivity contribution in [3.05, 3.63) is 53.2 Å². The van der Waals surface area contributed by atoms with Gasteiger partial charge in [-0.15, -0.1) is 0 Å². The van der Waals surface area contributed by atoms with E-state index in [4.69, 9.17) is 5.21 Å². The lowest BCUT2D eigenvalue weighted by atomic mass is 10.1. The summed E-state index contributed by atoms with van der Waals surface area (Å²) < 4.78 is 13.4. The van der Waals surface area contributed by atoms with Gasteiger partial charge in [-0.25, -0.2) is 9.37 Å². The topological polar surface area (TPSA) is 87.5 Å². The quantitative estimate of drug-likeness (QED) is 0.516. The van der Waals surface area contributed by atoms with Crippen molar-refractivity contribution in [1.82, 2.24) is 9.97 Å². The molecule has 2 N–H and O–H groups in total. The first kappa shape index (κ1) is 15.6. The van der Waals surface area contributed by atoms with Crippen LogP contribution in [0.1, 0.15) is 34.8 Å². The molecule has 0 unspecified atom stereocenters. The molecule has 1 amide bonds. The van der Waals surface area contributed by atoms with Crippen LogP contribution in [0.15, 0.2) is 35.9 Å². The Labute approximate surface area is 126 Å². The number of anilines is 1.